The molecule has 1 heterocycles. The molecule has 0 unspecified atom stereocenters. The van der Waals surface area contributed by atoms with Crippen molar-refractivity contribution >= 4 is 22.9 Å². The molecule has 0 radical (unpaired) electrons. The molecule has 19 heavy (non-hydrogen) atoms. The summed E-state index contributed by atoms with van der Waals surface area (Å²) in [5, 5.41) is 0. The number of thiocarbonyl (C=S) groups is 1. The van der Waals surface area contributed by atoms with Crippen LogP contribution in [0.4, 0.5) is 5.69 Å². The van der Waals surface area contributed by atoms with Crippen LogP contribution in [0.2, 0.25) is 0 Å². The van der Waals surface area contributed by atoms with Crippen LogP contribution in [-0.2, 0) is 0 Å². The molecule has 1 aliphatic rings. The van der Waals surface area contributed by atoms with E-state index in [4.69, 9.17) is 22.7 Å². The fraction of sp³-hybridized carbons (Fsp3) is 0.533. The minimum Gasteiger partial charge on any atom is -0.497 e. The molecule has 3 nitrogen and oxygen atoms in total. The van der Waals surface area contributed by atoms with Gasteiger partial charge in [-0.1, -0.05) is 26.1 Å². The lowest BCUT2D eigenvalue weighted by Gasteiger charge is -2.40. The van der Waals surface area contributed by atoms with Crippen molar-refractivity contribution in [2.24, 2.45) is 11.1 Å². The molecule has 0 saturated carbocycles. The Kier molecular flexibility index (Phi) is 3.99. The van der Waals surface area contributed by atoms with Gasteiger partial charge in [-0.25, -0.2) is 0 Å². The Morgan fingerprint density at radius 1 is 1.42 bits per heavy atom. The Hall–Kier alpha value is -1.29. The number of nitrogens with zero attached hydrogens (tertiary/aromatic N) is 1. The van der Waals surface area contributed by atoms with E-state index >= 15 is 0 Å². The standard InChI is InChI=1S/C15H22N2OS/c1-15(2)7-4-8-17(10-15)13-9-11(18-3)5-6-12(13)14(16)19/h5-6,9H,4,7-8,10H2,1-3H3,(H2,16,19). The van der Waals surface area contributed by atoms with E-state index in [1.807, 2.05) is 18.2 Å². The maximum Gasteiger partial charge on any atom is 0.120 e. The number of hydrogen-bond acceptors (Lipinski definition) is 3. The molecule has 0 amide bonds. The maximum absolute atomic E-state index is 5.84. The maximum atomic E-state index is 5.84. The van der Waals surface area contributed by atoms with Gasteiger partial charge in [0.25, 0.3) is 0 Å². The van der Waals surface area contributed by atoms with Crippen molar-refractivity contribution in [3.8, 4) is 5.75 Å². The Balaban J connectivity index is 2.38. The van der Waals surface area contributed by atoms with Gasteiger partial charge in [-0.05, 0) is 30.4 Å². The predicted molar refractivity (Wildman–Crippen MR) is 84.1 cm³/mol. The summed E-state index contributed by atoms with van der Waals surface area (Å²) >= 11 is 5.17. The van der Waals surface area contributed by atoms with Gasteiger partial charge in [-0.3, -0.25) is 0 Å². The molecule has 1 aromatic carbocycles. The number of benzene rings is 1. The van der Waals surface area contributed by atoms with Crippen LogP contribution in [0.3, 0.4) is 0 Å². The first kappa shape index (κ1) is 14.1. The zero-order valence-electron chi connectivity index (χ0n) is 11.9. The molecule has 0 spiro atoms. The number of nitrogens with two attached hydrogens (primary N) is 1. The summed E-state index contributed by atoms with van der Waals surface area (Å²) in [6.45, 7) is 6.68. The van der Waals surface area contributed by atoms with Crippen LogP contribution in [0.15, 0.2) is 18.2 Å². The number of ether oxygens (including phenoxy) is 1. The minimum absolute atomic E-state index is 0.328. The van der Waals surface area contributed by atoms with E-state index in [1.54, 1.807) is 7.11 Å². The summed E-state index contributed by atoms with van der Waals surface area (Å²) in [6, 6.07) is 5.90. The van der Waals surface area contributed by atoms with Gasteiger partial charge in [-0.2, -0.15) is 0 Å². The lowest BCUT2D eigenvalue weighted by Crippen LogP contribution is -2.41. The number of methoxy groups -OCH3 is 1. The van der Waals surface area contributed by atoms with E-state index < -0.39 is 0 Å². The highest BCUT2D eigenvalue weighted by molar-refractivity contribution is 7.80. The van der Waals surface area contributed by atoms with E-state index in [2.05, 4.69) is 18.7 Å². The molecule has 0 atom stereocenters. The normalized spacial score (nSPS) is 18.2. The topological polar surface area (TPSA) is 38.5 Å². The summed E-state index contributed by atoms with van der Waals surface area (Å²) in [5.74, 6) is 0.846. The first-order valence-corrected chi connectivity index (χ1v) is 7.06. The van der Waals surface area contributed by atoms with Gasteiger partial charge in [0.1, 0.15) is 10.7 Å². The van der Waals surface area contributed by atoms with E-state index in [0.717, 1.165) is 30.1 Å². The van der Waals surface area contributed by atoms with Crippen molar-refractivity contribution < 1.29 is 4.74 Å². The van der Waals surface area contributed by atoms with Crippen molar-refractivity contribution in [3.63, 3.8) is 0 Å². The molecular weight excluding hydrogens is 256 g/mol. The highest BCUT2D eigenvalue weighted by Gasteiger charge is 2.28. The van der Waals surface area contributed by atoms with Crippen LogP contribution in [-0.4, -0.2) is 25.2 Å². The summed E-state index contributed by atoms with van der Waals surface area (Å²) in [4.78, 5) is 2.82. The molecule has 1 saturated heterocycles. The summed E-state index contributed by atoms with van der Waals surface area (Å²) in [7, 11) is 1.68. The lowest BCUT2D eigenvalue weighted by atomic mass is 9.84. The zero-order valence-corrected chi connectivity index (χ0v) is 12.7. The molecule has 0 aromatic heterocycles. The van der Waals surface area contributed by atoms with Crippen LogP contribution >= 0.6 is 12.2 Å². The SMILES string of the molecule is COc1ccc(C(N)=S)c(N2CCCC(C)(C)C2)c1. The summed E-state index contributed by atoms with van der Waals surface area (Å²) in [5.41, 5.74) is 8.21. The molecule has 4 heteroatoms. The van der Waals surface area contributed by atoms with Crippen molar-refractivity contribution in [2.45, 2.75) is 26.7 Å². The molecule has 2 rings (SSSR count). The average Bonchev–Trinajstić information content (AvgIpc) is 2.36. The molecule has 0 aliphatic carbocycles. The van der Waals surface area contributed by atoms with Gasteiger partial charge in [-0.15, -0.1) is 0 Å². The van der Waals surface area contributed by atoms with Gasteiger partial charge < -0.3 is 15.4 Å². The van der Waals surface area contributed by atoms with Crippen LogP contribution in [0, 0.1) is 5.41 Å². The number of rotatable bonds is 3. The van der Waals surface area contributed by atoms with Crippen molar-refractivity contribution in [1.29, 1.82) is 0 Å². The third kappa shape index (κ3) is 3.18. The fourth-order valence-corrected chi connectivity index (χ4v) is 2.91. The van der Waals surface area contributed by atoms with Crippen molar-refractivity contribution in [3.05, 3.63) is 23.8 Å². The molecule has 1 fully saturated rings. The predicted octanol–water partition coefficient (Wildman–Crippen LogP) is 2.96. The Bertz CT molecular complexity index is 485. The van der Waals surface area contributed by atoms with Gasteiger partial charge in [0.15, 0.2) is 0 Å². The smallest absolute Gasteiger partial charge is 0.120 e. The van der Waals surface area contributed by atoms with Crippen molar-refractivity contribution in [1.82, 2.24) is 0 Å². The minimum atomic E-state index is 0.328. The quantitative estimate of drug-likeness (QED) is 0.863. The Morgan fingerprint density at radius 2 is 2.16 bits per heavy atom. The molecule has 1 aromatic rings. The second-order valence-corrected chi connectivity index (χ2v) is 6.38. The highest BCUT2D eigenvalue weighted by Crippen LogP contribution is 2.34. The van der Waals surface area contributed by atoms with Crippen LogP contribution in [0.25, 0.3) is 0 Å². The van der Waals surface area contributed by atoms with Crippen molar-refractivity contribution in [2.75, 3.05) is 25.1 Å². The van der Waals surface area contributed by atoms with E-state index in [9.17, 15) is 0 Å². The summed E-state index contributed by atoms with van der Waals surface area (Å²) in [6.07, 6.45) is 2.46. The van der Waals surface area contributed by atoms with Gasteiger partial charge in [0, 0.05) is 24.7 Å². The third-order valence-corrected chi connectivity index (χ3v) is 3.93. The van der Waals surface area contributed by atoms with Crippen LogP contribution in [0.5, 0.6) is 5.75 Å². The van der Waals surface area contributed by atoms with Gasteiger partial charge in [0.05, 0.1) is 12.8 Å². The third-order valence-electron chi connectivity index (χ3n) is 3.71. The first-order valence-electron chi connectivity index (χ1n) is 6.66. The van der Waals surface area contributed by atoms with Crippen LogP contribution < -0.4 is 15.4 Å². The first-order chi connectivity index (χ1) is 8.93. The van der Waals surface area contributed by atoms with E-state index in [0.29, 0.717) is 10.4 Å². The molecule has 0 bridgehead atoms. The zero-order chi connectivity index (χ0) is 14.0. The monoisotopic (exact) mass is 278 g/mol. The molecule has 1 aliphatic heterocycles. The number of anilines is 1. The number of hydrogen-bond donors (Lipinski definition) is 1. The Morgan fingerprint density at radius 3 is 2.74 bits per heavy atom. The molecule has 2 N–H and O–H groups in total. The number of piperidine rings is 1. The second-order valence-electron chi connectivity index (χ2n) is 5.94. The fourth-order valence-electron chi connectivity index (χ4n) is 2.74. The van der Waals surface area contributed by atoms with Crippen LogP contribution in [0.1, 0.15) is 32.3 Å². The molecular formula is C15H22N2OS. The second kappa shape index (κ2) is 5.37. The van der Waals surface area contributed by atoms with Gasteiger partial charge in [0.2, 0.25) is 0 Å². The largest absolute Gasteiger partial charge is 0.497 e. The van der Waals surface area contributed by atoms with Gasteiger partial charge >= 0.3 is 0 Å². The average molecular weight is 278 g/mol. The molecule has 104 valence electrons. The van der Waals surface area contributed by atoms with E-state index in [1.165, 1.54) is 12.8 Å². The summed E-state index contributed by atoms with van der Waals surface area (Å²) < 4.78 is 5.32. The van der Waals surface area contributed by atoms with E-state index in [-0.39, 0.29) is 0 Å². The Labute approximate surface area is 120 Å². The highest BCUT2D eigenvalue weighted by atomic mass is 32.1. The lowest BCUT2D eigenvalue weighted by molar-refractivity contribution is 0.293.